The second-order valence-electron chi connectivity index (χ2n) is 4.80. The molecule has 6 nitrogen and oxygen atoms in total. The molecule has 114 valence electrons. The van der Waals surface area contributed by atoms with Crippen molar-refractivity contribution < 1.29 is 27.9 Å². The standard InChI is InChI=1S/C13H14F2N2O4/c1-6(5-18)16-12-8-4-7(13-19-2-3-20-13)9(14)10(15)11(8)21-17-12/h4,6,13,18H,2-3,5H2,1H3,(H,16,17)/t6-/m1/s1. The Kier molecular flexibility index (Phi) is 3.75. The molecule has 3 rings (SSSR count). The molecule has 0 spiro atoms. The number of halogens is 2. The van der Waals surface area contributed by atoms with Crippen LogP contribution in [0.15, 0.2) is 10.6 Å². The first-order valence-corrected chi connectivity index (χ1v) is 6.49. The maximum atomic E-state index is 14.0. The molecule has 2 N–H and O–H groups in total. The van der Waals surface area contributed by atoms with Crippen LogP contribution in [-0.2, 0) is 9.47 Å². The van der Waals surface area contributed by atoms with E-state index in [1.54, 1.807) is 6.92 Å². The molecule has 1 aliphatic heterocycles. The summed E-state index contributed by atoms with van der Waals surface area (Å²) in [5, 5.41) is 15.8. The number of aliphatic hydroxyl groups excluding tert-OH is 1. The molecule has 8 heteroatoms. The third-order valence-electron chi connectivity index (χ3n) is 3.21. The SMILES string of the molecule is C[C@H](CO)Nc1noc2c(F)c(F)c(C3OCCO3)cc12. The fourth-order valence-electron chi connectivity index (χ4n) is 2.13. The molecular weight excluding hydrogens is 286 g/mol. The van der Waals surface area contributed by atoms with E-state index in [1.807, 2.05) is 0 Å². The van der Waals surface area contributed by atoms with Crippen LogP contribution in [-0.4, -0.2) is 36.1 Å². The van der Waals surface area contributed by atoms with Gasteiger partial charge in [0.25, 0.3) is 0 Å². The Hall–Kier alpha value is -1.77. The van der Waals surface area contributed by atoms with E-state index in [2.05, 4.69) is 10.5 Å². The summed E-state index contributed by atoms with van der Waals surface area (Å²) in [6, 6.07) is 1.07. The predicted octanol–water partition coefficient (Wildman–Crippen LogP) is 1.94. The van der Waals surface area contributed by atoms with Crippen LogP contribution in [0, 0.1) is 11.6 Å². The summed E-state index contributed by atoms with van der Waals surface area (Å²) >= 11 is 0. The highest BCUT2D eigenvalue weighted by Gasteiger charge is 2.28. The number of nitrogens with zero attached hydrogens (tertiary/aromatic N) is 1. The molecular formula is C13H14F2N2O4. The smallest absolute Gasteiger partial charge is 0.207 e. The summed E-state index contributed by atoms with van der Waals surface area (Å²) in [6.07, 6.45) is -0.943. The Labute approximate surface area is 118 Å². The number of ether oxygens (including phenoxy) is 2. The molecule has 21 heavy (non-hydrogen) atoms. The summed E-state index contributed by atoms with van der Waals surface area (Å²) in [4.78, 5) is 0. The van der Waals surface area contributed by atoms with Gasteiger partial charge in [-0.1, -0.05) is 5.16 Å². The lowest BCUT2D eigenvalue weighted by Gasteiger charge is -2.12. The Morgan fingerprint density at radius 2 is 2.10 bits per heavy atom. The van der Waals surface area contributed by atoms with Crippen LogP contribution in [0.4, 0.5) is 14.6 Å². The number of hydrogen-bond donors (Lipinski definition) is 2. The van der Waals surface area contributed by atoms with Gasteiger partial charge in [0.1, 0.15) is 0 Å². The zero-order valence-corrected chi connectivity index (χ0v) is 11.2. The van der Waals surface area contributed by atoms with Crippen molar-refractivity contribution in [1.82, 2.24) is 5.16 Å². The Morgan fingerprint density at radius 3 is 2.76 bits per heavy atom. The van der Waals surface area contributed by atoms with Gasteiger partial charge in [0.2, 0.25) is 11.4 Å². The first-order chi connectivity index (χ1) is 10.1. The topological polar surface area (TPSA) is 76.8 Å². The van der Waals surface area contributed by atoms with E-state index in [0.717, 1.165) is 0 Å². The minimum atomic E-state index is -1.14. The molecule has 1 aromatic carbocycles. The van der Waals surface area contributed by atoms with Crippen LogP contribution >= 0.6 is 0 Å². The Bertz CT molecular complexity index is 655. The van der Waals surface area contributed by atoms with Crippen molar-refractivity contribution in [2.24, 2.45) is 0 Å². The maximum Gasteiger partial charge on any atom is 0.207 e. The van der Waals surface area contributed by atoms with Crippen molar-refractivity contribution in [3.8, 4) is 0 Å². The zero-order valence-electron chi connectivity index (χ0n) is 11.2. The van der Waals surface area contributed by atoms with E-state index in [-0.39, 0.29) is 35.0 Å². The first-order valence-electron chi connectivity index (χ1n) is 6.49. The quantitative estimate of drug-likeness (QED) is 0.898. The van der Waals surface area contributed by atoms with E-state index < -0.39 is 17.9 Å². The van der Waals surface area contributed by atoms with Crippen molar-refractivity contribution in [3.63, 3.8) is 0 Å². The molecule has 2 heterocycles. The van der Waals surface area contributed by atoms with Gasteiger partial charge in [-0.3, -0.25) is 0 Å². The minimum absolute atomic E-state index is 0.0413. The van der Waals surface area contributed by atoms with Gasteiger partial charge in [-0.05, 0) is 13.0 Å². The van der Waals surface area contributed by atoms with Crippen molar-refractivity contribution in [3.05, 3.63) is 23.3 Å². The molecule has 0 bridgehead atoms. The maximum absolute atomic E-state index is 14.0. The van der Waals surface area contributed by atoms with Crippen LogP contribution in [0.3, 0.4) is 0 Å². The lowest BCUT2D eigenvalue weighted by Crippen LogP contribution is -2.19. The normalized spacial score (nSPS) is 17.5. The van der Waals surface area contributed by atoms with Gasteiger partial charge in [0.05, 0.1) is 25.2 Å². The molecule has 0 saturated carbocycles. The average molecular weight is 300 g/mol. The molecule has 1 fully saturated rings. The average Bonchev–Trinajstić information content (AvgIpc) is 3.12. The summed E-state index contributed by atoms with van der Waals surface area (Å²) < 4.78 is 43.3. The van der Waals surface area contributed by atoms with Gasteiger partial charge in [-0.25, -0.2) is 4.39 Å². The fraction of sp³-hybridized carbons (Fsp3) is 0.462. The lowest BCUT2D eigenvalue weighted by atomic mass is 10.1. The number of benzene rings is 1. The van der Waals surface area contributed by atoms with Gasteiger partial charge in [0, 0.05) is 11.6 Å². The number of aromatic nitrogens is 1. The second kappa shape index (κ2) is 5.55. The first kappa shape index (κ1) is 14.2. The molecule has 2 aromatic rings. The third kappa shape index (κ3) is 2.45. The van der Waals surface area contributed by atoms with E-state index in [1.165, 1.54) is 6.07 Å². The molecule has 1 atom stereocenters. The molecule has 1 aromatic heterocycles. The van der Waals surface area contributed by atoms with E-state index in [0.29, 0.717) is 13.2 Å². The van der Waals surface area contributed by atoms with Crippen LogP contribution in [0.25, 0.3) is 11.0 Å². The monoisotopic (exact) mass is 300 g/mol. The predicted molar refractivity (Wildman–Crippen MR) is 68.7 cm³/mol. The van der Waals surface area contributed by atoms with Gasteiger partial charge in [0.15, 0.2) is 17.9 Å². The number of rotatable bonds is 4. The third-order valence-corrected chi connectivity index (χ3v) is 3.21. The van der Waals surface area contributed by atoms with Crippen LogP contribution < -0.4 is 5.32 Å². The van der Waals surface area contributed by atoms with Crippen LogP contribution in [0.5, 0.6) is 0 Å². The highest BCUT2D eigenvalue weighted by atomic mass is 19.2. The van der Waals surface area contributed by atoms with E-state index >= 15 is 0 Å². The molecule has 0 aliphatic carbocycles. The number of nitrogens with one attached hydrogen (secondary N) is 1. The summed E-state index contributed by atoms with van der Waals surface area (Å²) in [6.45, 7) is 2.21. The van der Waals surface area contributed by atoms with E-state index in [9.17, 15) is 8.78 Å². The molecule has 0 radical (unpaired) electrons. The zero-order chi connectivity index (χ0) is 15.0. The molecule has 0 amide bonds. The van der Waals surface area contributed by atoms with Crippen LogP contribution in [0.2, 0.25) is 0 Å². The Balaban J connectivity index is 2.08. The van der Waals surface area contributed by atoms with E-state index in [4.69, 9.17) is 19.1 Å². The van der Waals surface area contributed by atoms with Crippen molar-refractivity contribution in [2.75, 3.05) is 25.1 Å². The lowest BCUT2D eigenvalue weighted by molar-refractivity contribution is -0.0467. The van der Waals surface area contributed by atoms with Gasteiger partial charge in [-0.15, -0.1) is 0 Å². The number of anilines is 1. The molecule has 1 saturated heterocycles. The molecule has 0 unspecified atom stereocenters. The Morgan fingerprint density at radius 1 is 1.38 bits per heavy atom. The van der Waals surface area contributed by atoms with Crippen molar-refractivity contribution in [2.45, 2.75) is 19.3 Å². The summed E-state index contributed by atoms with van der Waals surface area (Å²) in [7, 11) is 0. The number of hydrogen-bond acceptors (Lipinski definition) is 6. The number of fused-ring (bicyclic) bond motifs is 1. The summed E-state index contributed by atoms with van der Waals surface area (Å²) in [5.41, 5.74) is -0.331. The minimum Gasteiger partial charge on any atom is -0.394 e. The van der Waals surface area contributed by atoms with Gasteiger partial charge >= 0.3 is 0 Å². The fourth-order valence-corrected chi connectivity index (χ4v) is 2.13. The molecule has 1 aliphatic rings. The van der Waals surface area contributed by atoms with Crippen LogP contribution in [0.1, 0.15) is 18.8 Å². The second-order valence-corrected chi connectivity index (χ2v) is 4.80. The van der Waals surface area contributed by atoms with Crippen molar-refractivity contribution in [1.29, 1.82) is 0 Å². The largest absolute Gasteiger partial charge is 0.394 e. The summed E-state index contributed by atoms with van der Waals surface area (Å²) in [5.74, 6) is -1.99. The van der Waals surface area contributed by atoms with Gasteiger partial charge < -0.3 is 24.4 Å². The highest BCUT2D eigenvalue weighted by molar-refractivity contribution is 5.89. The van der Waals surface area contributed by atoms with Crippen molar-refractivity contribution >= 4 is 16.8 Å². The highest BCUT2D eigenvalue weighted by Crippen LogP contribution is 2.34. The van der Waals surface area contributed by atoms with Gasteiger partial charge in [-0.2, -0.15) is 4.39 Å². The number of aliphatic hydroxyl groups is 1.